The van der Waals surface area contributed by atoms with Crippen LogP contribution in [-0.2, 0) is 10.2 Å². The van der Waals surface area contributed by atoms with Gasteiger partial charge in [0.25, 0.3) is 5.91 Å². The number of benzene rings is 2. The summed E-state index contributed by atoms with van der Waals surface area (Å²) < 4.78 is 5.35. The van der Waals surface area contributed by atoms with Crippen LogP contribution in [0.5, 0.6) is 5.75 Å². The van der Waals surface area contributed by atoms with Crippen LogP contribution in [0.2, 0.25) is 0 Å². The molecule has 0 aromatic heterocycles. The summed E-state index contributed by atoms with van der Waals surface area (Å²) >= 11 is 0. The number of ether oxygens (including phenoxy) is 1. The SMILES string of the molecule is C=CCN1CCC2(c3cccc(OC(C)=O)c3)C[C@@H](NC(=O)c3ccccc3)CCC2(O)C1. The van der Waals surface area contributed by atoms with Crippen LogP contribution in [0.25, 0.3) is 0 Å². The van der Waals surface area contributed by atoms with Gasteiger partial charge in [0, 0.05) is 37.0 Å². The van der Waals surface area contributed by atoms with Crippen LogP contribution in [0.3, 0.4) is 0 Å². The van der Waals surface area contributed by atoms with Crippen molar-refractivity contribution in [2.45, 2.75) is 49.7 Å². The predicted molar refractivity (Wildman–Crippen MR) is 127 cm³/mol. The third-order valence-corrected chi connectivity index (χ3v) is 7.14. The number of carbonyl (C=O) groups is 2. The summed E-state index contributed by atoms with van der Waals surface area (Å²) in [4.78, 5) is 26.6. The maximum absolute atomic E-state index is 12.9. The fourth-order valence-electron chi connectivity index (χ4n) is 5.60. The molecule has 1 saturated heterocycles. The molecule has 3 atom stereocenters. The zero-order valence-corrected chi connectivity index (χ0v) is 19.1. The lowest BCUT2D eigenvalue weighted by Gasteiger charge is -2.58. The van der Waals surface area contributed by atoms with Crippen molar-refractivity contribution in [3.05, 3.63) is 78.4 Å². The Balaban J connectivity index is 1.66. The molecule has 2 fully saturated rings. The van der Waals surface area contributed by atoms with Crippen LogP contribution >= 0.6 is 0 Å². The second kappa shape index (κ2) is 9.49. The van der Waals surface area contributed by atoms with E-state index in [2.05, 4.69) is 16.8 Å². The standard InChI is InChI=1S/C27H32N2O4/c1-3-15-29-16-14-26(22-10-7-11-24(17-22)33-20(2)30)18-23(12-13-27(26,32)19-29)28-25(31)21-8-5-4-6-9-21/h3-11,17,23,32H,1,12-16,18-19H2,2H3,(H,28,31)/t23-,26?,27?/m0/s1. The van der Waals surface area contributed by atoms with E-state index in [1.54, 1.807) is 18.2 Å². The average Bonchev–Trinajstić information content (AvgIpc) is 2.80. The molecule has 33 heavy (non-hydrogen) atoms. The minimum atomic E-state index is -0.961. The molecule has 0 spiro atoms. The first-order chi connectivity index (χ1) is 15.8. The van der Waals surface area contributed by atoms with Gasteiger partial charge in [-0.3, -0.25) is 14.5 Å². The molecule has 1 amide bonds. The monoisotopic (exact) mass is 448 g/mol. The largest absolute Gasteiger partial charge is 0.427 e. The van der Waals surface area contributed by atoms with Crippen molar-refractivity contribution >= 4 is 11.9 Å². The summed E-state index contributed by atoms with van der Waals surface area (Å²) in [6.45, 7) is 7.30. The lowest BCUT2D eigenvalue weighted by atomic mass is 9.55. The predicted octanol–water partition coefficient (Wildman–Crippen LogP) is 3.46. The average molecular weight is 449 g/mol. The molecular formula is C27H32N2O4. The van der Waals surface area contributed by atoms with E-state index in [0.717, 1.165) is 25.1 Å². The zero-order valence-electron chi connectivity index (χ0n) is 19.1. The number of amides is 1. The van der Waals surface area contributed by atoms with E-state index in [-0.39, 0.29) is 17.9 Å². The number of piperidine rings is 1. The molecule has 6 heteroatoms. The zero-order chi connectivity index (χ0) is 23.5. The molecule has 2 unspecified atom stereocenters. The van der Waals surface area contributed by atoms with Crippen molar-refractivity contribution in [2.24, 2.45) is 0 Å². The van der Waals surface area contributed by atoms with Crippen molar-refractivity contribution in [3.63, 3.8) is 0 Å². The number of hydrogen-bond donors (Lipinski definition) is 2. The van der Waals surface area contributed by atoms with Crippen molar-refractivity contribution < 1.29 is 19.4 Å². The molecule has 2 N–H and O–H groups in total. The van der Waals surface area contributed by atoms with Gasteiger partial charge in [-0.05, 0) is 62.1 Å². The van der Waals surface area contributed by atoms with Gasteiger partial charge in [0.1, 0.15) is 5.75 Å². The first kappa shape index (κ1) is 23.2. The normalized spacial score (nSPS) is 27.3. The summed E-state index contributed by atoms with van der Waals surface area (Å²) in [6, 6.07) is 16.6. The summed E-state index contributed by atoms with van der Waals surface area (Å²) in [6.07, 6.45) is 4.48. The van der Waals surface area contributed by atoms with E-state index in [4.69, 9.17) is 4.74 Å². The number of likely N-dealkylation sites (tertiary alicyclic amines) is 1. The Kier molecular flexibility index (Phi) is 6.68. The highest BCUT2D eigenvalue weighted by Crippen LogP contribution is 2.52. The van der Waals surface area contributed by atoms with Crippen LogP contribution in [0.1, 0.15) is 48.5 Å². The van der Waals surface area contributed by atoms with Gasteiger partial charge >= 0.3 is 5.97 Å². The Morgan fingerprint density at radius 3 is 2.73 bits per heavy atom. The van der Waals surface area contributed by atoms with Crippen LogP contribution in [0.15, 0.2) is 67.3 Å². The molecule has 174 valence electrons. The number of fused-ring (bicyclic) bond motifs is 1. The molecule has 1 saturated carbocycles. The molecule has 2 aliphatic rings. The van der Waals surface area contributed by atoms with Crippen LogP contribution in [0.4, 0.5) is 0 Å². The topological polar surface area (TPSA) is 78.9 Å². The maximum atomic E-state index is 12.9. The van der Waals surface area contributed by atoms with Gasteiger partial charge in [0.15, 0.2) is 0 Å². The van der Waals surface area contributed by atoms with Crippen molar-refractivity contribution in [1.29, 1.82) is 0 Å². The van der Waals surface area contributed by atoms with Crippen molar-refractivity contribution in [1.82, 2.24) is 10.2 Å². The van der Waals surface area contributed by atoms with Crippen LogP contribution in [-0.4, -0.2) is 53.2 Å². The Morgan fingerprint density at radius 2 is 2.00 bits per heavy atom. The van der Waals surface area contributed by atoms with Gasteiger partial charge in [0.2, 0.25) is 0 Å². The van der Waals surface area contributed by atoms with Gasteiger partial charge in [-0.2, -0.15) is 0 Å². The second-order valence-electron chi connectivity index (χ2n) is 9.29. The molecule has 1 heterocycles. The highest BCUT2D eigenvalue weighted by molar-refractivity contribution is 5.94. The molecule has 0 radical (unpaired) electrons. The smallest absolute Gasteiger partial charge is 0.308 e. The number of aliphatic hydroxyl groups is 1. The van der Waals surface area contributed by atoms with E-state index in [1.165, 1.54) is 6.92 Å². The summed E-state index contributed by atoms with van der Waals surface area (Å²) in [5.41, 5.74) is 0.0517. The summed E-state index contributed by atoms with van der Waals surface area (Å²) in [5, 5.41) is 15.2. The molecule has 2 aromatic rings. The van der Waals surface area contributed by atoms with Gasteiger partial charge in [-0.15, -0.1) is 6.58 Å². The minimum absolute atomic E-state index is 0.0682. The third kappa shape index (κ3) is 4.72. The molecule has 0 bridgehead atoms. The highest BCUT2D eigenvalue weighted by atomic mass is 16.5. The molecule has 2 aromatic carbocycles. The number of β-amino-alcohol motifs (C(OH)–C–C–N with tert-alkyl or cyclic N) is 1. The summed E-state index contributed by atoms with van der Waals surface area (Å²) in [7, 11) is 0. The third-order valence-electron chi connectivity index (χ3n) is 7.14. The van der Waals surface area contributed by atoms with Gasteiger partial charge in [0.05, 0.1) is 5.60 Å². The molecule has 1 aliphatic heterocycles. The number of rotatable bonds is 6. The fraction of sp³-hybridized carbons (Fsp3) is 0.407. The Labute approximate surface area is 195 Å². The Bertz CT molecular complexity index is 1020. The second-order valence-corrected chi connectivity index (χ2v) is 9.29. The molecular weight excluding hydrogens is 416 g/mol. The van der Waals surface area contributed by atoms with Crippen molar-refractivity contribution in [2.75, 3.05) is 19.6 Å². The molecule has 6 nitrogen and oxygen atoms in total. The quantitative estimate of drug-likeness (QED) is 0.402. The van der Waals surface area contributed by atoms with E-state index in [1.807, 2.05) is 42.5 Å². The van der Waals surface area contributed by atoms with Crippen molar-refractivity contribution in [3.8, 4) is 5.75 Å². The number of nitrogens with one attached hydrogen (secondary N) is 1. The Hall–Kier alpha value is -2.96. The number of carbonyl (C=O) groups excluding carboxylic acids is 2. The number of esters is 1. The lowest BCUT2D eigenvalue weighted by molar-refractivity contribution is -0.131. The molecule has 4 rings (SSSR count). The van der Waals surface area contributed by atoms with E-state index >= 15 is 0 Å². The molecule has 1 aliphatic carbocycles. The van der Waals surface area contributed by atoms with Crippen LogP contribution in [0, 0.1) is 0 Å². The highest BCUT2D eigenvalue weighted by Gasteiger charge is 2.57. The van der Waals surface area contributed by atoms with Gasteiger partial charge < -0.3 is 15.2 Å². The lowest BCUT2D eigenvalue weighted by Crippen LogP contribution is -2.67. The van der Waals surface area contributed by atoms with E-state index in [0.29, 0.717) is 37.1 Å². The van der Waals surface area contributed by atoms with E-state index < -0.39 is 11.0 Å². The van der Waals surface area contributed by atoms with E-state index in [9.17, 15) is 14.7 Å². The maximum Gasteiger partial charge on any atom is 0.308 e. The Morgan fingerprint density at radius 1 is 1.21 bits per heavy atom. The number of hydrogen-bond acceptors (Lipinski definition) is 5. The fourth-order valence-corrected chi connectivity index (χ4v) is 5.60. The number of nitrogens with zero attached hydrogens (tertiary/aromatic N) is 1. The van der Waals surface area contributed by atoms with Gasteiger partial charge in [-0.1, -0.05) is 36.4 Å². The first-order valence-electron chi connectivity index (χ1n) is 11.6. The van der Waals surface area contributed by atoms with Gasteiger partial charge in [-0.25, -0.2) is 0 Å². The van der Waals surface area contributed by atoms with Crippen LogP contribution < -0.4 is 10.1 Å². The summed E-state index contributed by atoms with van der Waals surface area (Å²) in [5.74, 6) is -0.00278. The first-order valence-corrected chi connectivity index (χ1v) is 11.6. The minimum Gasteiger partial charge on any atom is -0.427 e.